The third-order valence-electron chi connectivity index (χ3n) is 3.31. The van der Waals surface area contributed by atoms with Crippen LogP contribution in [0, 0.1) is 6.92 Å². The lowest BCUT2D eigenvalue weighted by molar-refractivity contribution is -0.118. The van der Waals surface area contributed by atoms with E-state index in [0.29, 0.717) is 24.5 Å². The molecule has 0 N–H and O–H groups in total. The third-order valence-corrected chi connectivity index (χ3v) is 3.74. The number of aryl methyl sites for hydroxylation is 1. The van der Waals surface area contributed by atoms with Crippen molar-refractivity contribution >= 4 is 17.4 Å². The Hall–Kier alpha value is -0.820. The number of hydrogen-bond donors (Lipinski definition) is 0. The maximum atomic E-state index is 11.4. The number of carbonyl (C=O) groups is 1. The SMILES string of the molecule is CCC(=O)CCC(CC)c1ccc(Cl)c(C)c1. The Labute approximate surface area is 109 Å². The fourth-order valence-electron chi connectivity index (χ4n) is 2.04. The van der Waals surface area contributed by atoms with Gasteiger partial charge in [0.2, 0.25) is 0 Å². The van der Waals surface area contributed by atoms with Crippen molar-refractivity contribution in [1.29, 1.82) is 0 Å². The zero-order valence-corrected chi connectivity index (χ0v) is 11.7. The van der Waals surface area contributed by atoms with Gasteiger partial charge in [0.1, 0.15) is 5.78 Å². The normalized spacial score (nSPS) is 12.5. The number of carbonyl (C=O) groups excluding carboxylic acids is 1. The molecular weight excluding hydrogens is 232 g/mol. The van der Waals surface area contributed by atoms with Crippen LogP contribution in [-0.2, 0) is 4.79 Å². The second kappa shape index (κ2) is 6.80. The summed E-state index contributed by atoms with van der Waals surface area (Å²) in [5.74, 6) is 0.829. The number of Topliss-reactive ketones (excluding diaryl/α,β-unsaturated/α-hetero) is 1. The van der Waals surface area contributed by atoms with Gasteiger partial charge in [0.05, 0.1) is 0 Å². The summed E-state index contributed by atoms with van der Waals surface area (Å²) < 4.78 is 0. The van der Waals surface area contributed by atoms with Crippen molar-refractivity contribution in [3.63, 3.8) is 0 Å². The van der Waals surface area contributed by atoms with Gasteiger partial charge < -0.3 is 0 Å². The van der Waals surface area contributed by atoms with Crippen molar-refractivity contribution in [2.24, 2.45) is 0 Å². The van der Waals surface area contributed by atoms with Gasteiger partial charge in [-0.2, -0.15) is 0 Å². The Balaban J connectivity index is 2.72. The molecule has 0 bridgehead atoms. The van der Waals surface area contributed by atoms with Crippen LogP contribution < -0.4 is 0 Å². The number of hydrogen-bond acceptors (Lipinski definition) is 1. The average Bonchev–Trinajstić information content (AvgIpc) is 2.33. The molecule has 1 nitrogen and oxygen atoms in total. The van der Waals surface area contributed by atoms with E-state index in [1.807, 2.05) is 19.9 Å². The molecule has 0 saturated carbocycles. The van der Waals surface area contributed by atoms with Gasteiger partial charge in [0.25, 0.3) is 0 Å². The molecule has 2 heteroatoms. The largest absolute Gasteiger partial charge is 0.300 e. The van der Waals surface area contributed by atoms with Crippen LogP contribution in [0.4, 0.5) is 0 Å². The molecule has 94 valence electrons. The summed E-state index contributed by atoms with van der Waals surface area (Å²) >= 11 is 6.02. The van der Waals surface area contributed by atoms with Crippen LogP contribution in [-0.4, -0.2) is 5.78 Å². The van der Waals surface area contributed by atoms with Crippen molar-refractivity contribution in [1.82, 2.24) is 0 Å². The third kappa shape index (κ3) is 4.16. The summed E-state index contributed by atoms with van der Waals surface area (Å²) in [5.41, 5.74) is 2.42. The topological polar surface area (TPSA) is 17.1 Å². The minimum absolute atomic E-state index is 0.356. The second-order valence-electron chi connectivity index (χ2n) is 4.54. The number of benzene rings is 1. The van der Waals surface area contributed by atoms with Crippen molar-refractivity contribution in [3.8, 4) is 0 Å². The first-order valence-corrected chi connectivity index (χ1v) is 6.74. The molecule has 1 aromatic rings. The molecule has 0 fully saturated rings. The highest BCUT2D eigenvalue weighted by atomic mass is 35.5. The highest BCUT2D eigenvalue weighted by Gasteiger charge is 2.12. The first-order valence-electron chi connectivity index (χ1n) is 6.36. The fraction of sp³-hybridized carbons (Fsp3) is 0.533. The standard InChI is InChI=1S/C15H21ClO/c1-4-12(6-8-14(17)5-2)13-7-9-15(16)11(3)10-13/h7,9-10,12H,4-6,8H2,1-3H3. The Morgan fingerprint density at radius 1 is 1.35 bits per heavy atom. The summed E-state index contributed by atoms with van der Waals surface area (Å²) in [4.78, 5) is 11.4. The van der Waals surface area contributed by atoms with Gasteiger partial charge >= 0.3 is 0 Å². The van der Waals surface area contributed by atoms with E-state index in [1.165, 1.54) is 5.56 Å². The lowest BCUT2D eigenvalue weighted by atomic mass is 9.90. The van der Waals surface area contributed by atoms with Crippen molar-refractivity contribution in [2.45, 2.75) is 52.4 Å². The van der Waals surface area contributed by atoms with Crippen LogP contribution in [0.15, 0.2) is 18.2 Å². The maximum Gasteiger partial charge on any atom is 0.132 e. The Morgan fingerprint density at radius 2 is 2.06 bits per heavy atom. The molecule has 0 aliphatic carbocycles. The molecule has 0 spiro atoms. The quantitative estimate of drug-likeness (QED) is 0.704. The summed E-state index contributed by atoms with van der Waals surface area (Å²) in [6.07, 6.45) is 3.36. The average molecular weight is 253 g/mol. The molecule has 0 heterocycles. The van der Waals surface area contributed by atoms with Crippen LogP contribution in [0.1, 0.15) is 56.6 Å². The Bertz CT molecular complexity index is 385. The minimum atomic E-state index is 0.356. The molecule has 1 rings (SSSR count). The minimum Gasteiger partial charge on any atom is -0.300 e. The predicted molar refractivity (Wildman–Crippen MR) is 73.8 cm³/mol. The zero-order valence-electron chi connectivity index (χ0n) is 10.9. The molecule has 0 aromatic heterocycles. The van der Waals surface area contributed by atoms with E-state index in [2.05, 4.69) is 19.1 Å². The first kappa shape index (κ1) is 14.2. The Kier molecular flexibility index (Phi) is 5.70. The smallest absolute Gasteiger partial charge is 0.132 e. The molecule has 1 aromatic carbocycles. The van der Waals surface area contributed by atoms with Gasteiger partial charge in [-0.15, -0.1) is 0 Å². The molecule has 0 saturated heterocycles. The number of ketones is 1. The molecular formula is C15H21ClO. The molecule has 0 aliphatic rings. The van der Waals surface area contributed by atoms with Gasteiger partial charge in [-0.1, -0.05) is 37.6 Å². The van der Waals surface area contributed by atoms with Crippen LogP contribution >= 0.6 is 11.6 Å². The number of rotatable bonds is 6. The summed E-state index contributed by atoms with van der Waals surface area (Å²) in [6, 6.07) is 6.18. The maximum absolute atomic E-state index is 11.4. The highest BCUT2D eigenvalue weighted by molar-refractivity contribution is 6.31. The molecule has 0 radical (unpaired) electrons. The van der Waals surface area contributed by atoms with Gasteiger partial charge in [0, 0.05) is 17.9 Å². The van der Waals surface area contributed by atoms with Gasteiger partial charge in [-0.25, -0.2) is 0 Å². The highest BCUT2D eigenvalue weighted by Crippen LogP contribution is 2.28. The van der Waals surface area contributed by atoms with E-state index in [9.17, 15) is 4.79 Å². The van der Waals surface area contributed by atoms with Crippen molar-refractivity contribution in [3.05, 3.63) is 34.3 Å². The zero-order chi connectivity index (χ0) is 12.8. The van der Waals surface area contributed by atoms with Crippen molar-refractivity contribution < 1.29 is 4.79 Å². The van der Waals surface area contributed by atoms with E-state index < -0.39 is 0 Å². The lowest BCUT2D eigenvalue weighted by Gasteiger charge is -2.15. The number of halogens is 1. The fourth-order valence-corrected chi connectivity index (χ4v) is 2.16. The molecule has 17 heavy (non-hydrogen) atoms. The van der Waals surface area contributed by atoms with Crippen LogP contribution in [0.25, 0.3) is 0 Å². The van der Waals surface area contributed by atoms with Crippen molar-refractivity contribution in [2.75, 3.05) is 0 Å². The van der Waals surface area contributed by atoms with E-state index in [-0.39, 0.29) is 0 Å². The molecule has 0 amide bonds. The predicted octanol–water partition coefficient (Wildman–Crippen LogP) is 4.90. The molecule has 1 unspecified atom stereocenters. The molecule has 0 aliphatic heterocycles. The van der Waals surface area contributed by atoms with Crippen LogP contribution in [0.2, 0.25) is 5.02 Å². The van der Waals surface area contributed by atoms with Crippen LogP contribution in [0.3, 0.4) is 0 Å². The summed E-state index contributed by atoms with van der Waals surface area (Å²) in [6.45, 7) is 6.12. The monoisotopic (exact) mass is 252 g/mol. The first-order chi connectivity index (χ1) is 8.08. The second-order valence-corrected chi connectivity index (χ2v) is 4.95. The van der Waals surface area contributed by atoms with Crippen LogP contribution in [0.5, 0.6) is 0 Å². The van der Waals surface area contributed by atoms with E-state index in [4.69, 9.17) is 11.6 Å². The lowest BCUT2D eigenvalue weighted by Crippen LogP contribution is -2.03. The van der Waals surface area contributed by atoms with Gasteiger partial charge in [-0.05, 0) is 42.9 Å². The molecule has 1 atom stereocenters. The van der Waals surface area contributed by atoms with Gasteiger partial charge in [0.15, 0.2) is 0 Å². The van der Waals surface area contributed by atoms with Gasteiger partial charge in [-0.3, -0.25) is 4.79 Å². The summed E-state index contributed by atoms with van der Waals surface area (Å²) in [7, 11) is 0. The van der Waals surface area contributed by atoms with E-state index in [0.717, 1.165) is 23.4 Å². The van der Waals surface area contributed by atoms with E-state index in [1.54, 1.807) is 0 Å². The van der Waals surface area contributed by atoms with E-state index >= 15 is 0 Å². The summed E-state index contributed by atoms with van der Waals surface area (Å²) in [5, 5.41) is 0.813. The Morgan fingerprint density at radius 3 is 2.59 bits per heavy atom.